The van der Waals surface area contributed by atoms with Crippen LogP contribution in [0, 0.1) is 11.7 Å². The summed E-state index contributed by atoms with van der Waals surface area (Å²) in [5.74, 6) is 0.110. The molecule has 0 bridgehead atoms. The Morgan fingerprint density at radius 2 is 1.89 bits per heavy atom. The molecule has 0 spiro atoms. The van der Waals surface area contributed by atoms with Gasteiger partial charge in [-0.3, -0.25) is 19.7 Å². The van der Waals surface area contributed by atoms with Crippen LogP contribution < -0.4 is 0 Å². The molecule has 1 fully saturated rings. The van der Waals surface area contributed by atoms with Gasteiger partial charge < -0.3 is 4.90 Å². The van der Waals surface area contributed by atoms with Crippen molar-refractivity contribution in [3.8, 4) is 0 Å². The molecule has 2 aromatic carbocycles. The van der Waals surface area contributed by atoms with Crippen LogP contribution in [0.1, 0.15) is 34.3 Å². The number of fused-ring (bicyclic) bond motifs is 1. The number of likely N-dealkylation sites (tertiary alicyclic amines) is 1. The summed E-state index contributed by atoms with van der Waals surface area (Å²) in [7, 11) is 1.87. The van der Waals surface area contributed by atoms with Gasteiger partial charge in [0.25, 0.3) is 5.91 Å². The van der Waals surface area contributed by atoms with Crippen LogP contribution in [-0.4, -0.2) is 51.9 Å². The first-order valence-electron chi connectivity index (χ1n) is 12.0. The van der Waals surface area contributed by atoms with E-state index in [1.54, 1.807) is 18.5 Å². The molecule has 3 heterocycles. The van der Waals surface area contributed by atoms with Crippen molar-refractivity contribution in [3.63, 3.8) is 0 Å². The molecule has 1 aliphatic heterocycles. The van der Waals surface area contributed by atoms with Crippen molar-refractivity contribution in [2.45, 2.75) is 31.8 Å². The number of hydrogen-bond donors (Lipinski definition) is 0. The van der Waals surface area contributed by atoms with E-state index in [0.29, 0.717) is 23.5 Å². The van der Waals surface area contributed by atoms with Crippen LogP contribution in [0.4, 0.5) is 4.39 Å². The summed E-state index contributed by atoms with van der Waals surface area (Å²) < 4.78 is 14.6. The molecule has 0 radical (unpaired) electrons. The van der Waals surface area contributed by atoms with Crippen molar-refractivity contribution in [2.75, 3.05) is 20.1 Å². The molecule has 1 amide bonds. The summed E-state index contributed by atoms with van der Waals surface area (Å²) in [6, 6.07) is 15.0. The topological polar surface area (TPSA) is 49.3 Å². The van der Waals surface area contributed by atoms with E-state index in [9.17, 15) is 9.18 Å². The third-order valence-corrected chi connectivity index (χ3v) is 7.77. The number of carbonyl (C=O) groups is 1. The van der Waals surface area contributed by atoms with Gasteiger partial charge in [-0.05, 0) is 79.0 Å². The first-order chi connectivity index (χ1) is 17.1. The summed E-state index contributed by atoms with van der Waals surface area (Å²) >= 11 is 1.52. The molecule has 2 aromatic heterocycles. The van der Waals surface area contributed by atoms with Crippen LogP contribution in [-0.2, 0) is 13.0 Å². The number of aromatic nitrogens is 2. The lowest BCUT2D eigenvalue weighted by atomic mass is 9.84. The minimum absolute atomic E-state index is 0.00675. The zero-order valence-corrected chi connectivity index (χ0v) is 20.6. The summed E-state index contributed by atoms with van der Waals surface area (Å²) in [5, 5.41) is 3.80. The number of hydrogen-bond acceptors (Lipinski definition) is 5. The molecule has 1 atom stereocenters. The van der Waals surface area contributed by atoms with Gasteiger partial charge in [0.1, 0.15) is 5.82 Å². The standard InChI is InChI=1S/C28H29FN4OS/c1-32(28(34)23-10-15-35-19-23)27(17-22-4-2-3-5-24(22)29)21-8-13-33(14-9-21)18-20-6-7-25-26(16-20)31-12-11-30-25/h2-7,10-12,15-16,19,21,27H,8-9,13-14,17-18H2,1H3/t27-/m1/s1. The third kappa shape index (κ3) is 5.41. The molecule has 4 aromatic rings. The number of nitrogens with zero attached hydrogens (tertiary/aromatic N) is 4. The number of rotatable bonds is 7. The number of halogens is 1. The quantitative estimate of drug-likeness (QED) is 0.348. The Kier molecular flexibility index (Phi) is 7.16. The Morgan fingerprint density at radius 3 is 2.63 bits per heavy atom. The van der Waals surface area contributed by atoms with Crippen molar-refractivity contribution in [1.29, 1.82) is 0 Å². The molecule has 0 unspecified atom stereocenters. The number of likely N-dealkylation sites (N-methyl/N-ethyl adjacent to an activating group) is 1. The molecule has 5 rings (SSSR count). The first kappa shape index (κ1) is 23.6. The minimum atomic E-state index is -0.203. The van der Waals surface area contributed by atoms with Crippen LogP contribution in [0.3, 0.4) is 0 Å². The van der Waals surface area contributed by atoms with Gasteiger partial charge in [-0.25, -0.2) is 4.39 Å². The molecule has 1 aliphatic rings. The number of piperidine rings is 1. The SMILES string of the molecule is CN(C(=O)c1ccsc1)[C@H](Cc1ccccc1F)C1CCN(Cc2ccc3nccnc3c2)CC1. The van der Waals surface area contributed by atoms with E-state index in [1.807, 2.05) is 47.0 Å². The molecular weight excluding hydrogens is 459 g/mol. The van der Waals surface area contributed by atoms with Crippen molar-refractivity contribution in [2.24, 2.45) is 5.92 Å². The lowest BCUT2D eigenvalue weighted by Crippen LogP contribution is -2.47. The fourth-order valence-electron chi connectivity index (χ4n) is 5.11. The lowest BCUT2D eigenvalue weighted by Gasteiger charge is -2.40. The maximum Gasteiger partial charge on any atom is 0.254 e. The highest BCUT2D eigenvalue weighted by Crippen LogP contribution is 2.29. The molecule has 0 N–H and O–H groups in total. The minimum Gasteiger partial charge on any atom is -0.338 e. The Balaban J connectivity index is 1.29. The Hall–Kier alpha value is -3.16. The second-order valence-corrected chi connectivity index (χ2v) is 10.1. The van der Waals surface area contributed by atoms with Crippen molar-refractivity contribution in [1.82, 2.24) is 19.8 Å². The first-order valence-corrected chi connectivity index (χ1v) is 13.0. The number of amides is 1. The van der Waals surface area contributed by atoms with Gasteiger partial charge in [0, 0.05) is 37.4 Å². The van der Waals surface area contributed by atoms with E-state index in [1.165, 1.54) is 23.0 Å². The van der Waals surface area contributed by atoms with E-state index in [-0.39, 0.29) is 17.8 Å². The summed E-state index contributed by atoms with van der Waals surface area (Å²) in [6.07, 6.45) is 5.89. The molecule has 0 aliphatic carbocycles. The molecule has 5 nitrogen and oxygen atoms in total. The summed E-state index contributed by atoms with van der Waals surface area (Å²) in [6.45, 7) is 2.75. The van der Waals surface area contributed by atoms with E-state index < -0.39 is 0 Å². The van der Waals surface area contributed by atoms with Gasteiger partial charge in [0.15, 0.2) is 0 Å². The molecule has 35 heavy (non-hydrogen) atoms. The van der Waals surface area contributed by atoms with Gasteiger partial charge in [-0.1, -0.05) is 24.3 Å². The second kappa shape index (κ2) is 10.6. The van der Waals surface area contributed by atoms with Gasteiger partial charge in [-0.2, -0.15) is 11.3 Å². The van der Waals surface area contributed by atoms with Gasteiger partial charge in [0.2, 0.25) is 0 Å². The number of thiophene rings is 1. The van der Waals surface area contributed by atoms with Crippen LogP contribution in [0.15, 0.2) is 71.7 Å². The average molecular weight is 489 g/mol. The summed E-state index contributed by atoms with van der Waals surface area (Å²) in [5.41, 5.74) is 4.42. The van der Waals surface area contributed by atoms with E-state index in [0.717, 1.165) is 43.5 Å². The van der Waals surface area contributed by atoms with Crippen molar-refractivity contribution >= 4 is 28.3 Å². The fraction of sp³-hybridized carbons (Fsp3) is 0.321. The summed E-state index contributed by atoms with van der Waals surface area (Å²) in [4.78, 5) is 26.3. The highest BCUT2D eigenvalue weighted by atomic mass is 32.1. The molecule has 1 saturated heterocycles. The normalized spacial score (nSPS) is 15.8. The highest BCUT2D eigenvalue weighted by molar-refractivity contribution is 7.08. The van der Waals surface area contributed by atoms with Crippen LogP contribution >= 0.6 is 11.3 Å². The van der Waals surface area contributed by atoms with Crippen LogP contribution in [0.25, 0.3) is 11.0 Å². The third-order valence-electron chi connectivity index (χ3n) is 7.09. The van der Waals surface area contributed by atoms with Gasteiger partial charge in [-0.15, -0.1) is 0 Å². The van der Waals surface area contributed by atoms with Gasteiger partial charge in [0.05, 0.1) is 16.6 Å². The Bertz CT molecular complexity index is 1290. The Morgan fingerprint density at radius 1 is 1.11 bits per heavy atom. The largest absolute Gasteiger partial charge is 0.338 e. The highest BCUT2D eigenvalue weighted by Gasteiger charge is 2.32. The van der Waals surface area contributed by atoms with Crippen LogP contribution in [0.5, 0.6) is 0 Å². The smallest absolute Gasteiger partial charge is 0.254 e. The average Bonchev–Trinajstić information content (AvgIpc) is 3.43. The fourth-order valence-corrected chi connectivity index (χ4v) is 5.74. The molecular formula is C28H29FN4OS. The predicted octanol–water partition coefficient (Wildman–Crippen LogP) is 5.43. The zero-order valence-electron chi connectivity index (χ0n) is 19.8. The molecule has 0 saturated carbocycles. The predicted molar refractivity (Wildman–Crippen MR) is 138 cm³/mol. The monoisotopic (exact) mass is 488 g/mol. The maximum absolute atomic E-state index is 14.6. The molecule has 180 valence electrons. The maximum atomic E-state index is 14.6. The van der Waals surface area contributed by atoms with Crippen LogP contribution in [0.2, 0.25) is 0 Å². The zero-order chi connectivity index (χ0) is 24.2. The van der Waals surface area contributed by atoms with E-state index in [4.69, 9.17) is 0 Å². The lowest BCUT2D eigenvalue weighted by molar-refractivity contribution is 0.0584. The Labute approximate surface area is 209 Å². The molecule has 7 heteroatoms. The second-order valence-electron chi connectivity index (χ2n) is 9.28. The van der Waals surface area contributed by atoms with Crippen molar-refractivity contribution < 1.29 is 9.18 Å². The van der Waals surface area contributed by atoms with Crippen molar-refractivity contribution in [3.05, 3.63) is 94.2 Å². The number of carbonyl (C=O) groups excluding carboxylic acids is 1. The van der Waals surface area contributed by atoms with Gasteiger partial charge >= 0.3 is 0 Å². The van der Waals surface area contributed by atoms with E-state index >= 15 is 0 Å². The van der Waals surface area contributed by atoms with E-state index in [2.05, 4.69) is 27.0 Å². The number of benzene rings is 2.